The highest BCUT2D eigenvalue weighted by Gasteiger charge is 2.33. The van der Waals surface area contributed by atoms with Crippen LogP contribution in [-0.4, -0.2) is 17.7 Å². The Labute approximate surface area is 140 Å². The Morgan fingerprint density at radius 2 is 1.71 bits per heavy atom. The van der Waals surface area contributed by atoms with Crippen molar-refractivity contribution in [3.8, 4) is 0 Å². The molecule has 1 aliphatic rings. The van der Waals surface area contributed by atoms with Crippen molar-refractivity contribution in [2.75, 3.05) is 23.3 Å². The summed E-state index contributed by atoms with van der Waals surface area (Å²) in [6.07, 6.45) is 0. The van der Waals surface area contributed by atoms with E-state index in [1.165, 1.54) is 10.3 Å². The van der Waals surface area contributed by atoms with Gasteiger partial charge in [0, 0.05) is 43.3 Å². The first kappa shape index (κ1) is 14.9. The average Bonchev–Trinajstić information content (AvgIpc) is 2.80. The van der Waals surface area contributed by atoms with Gasteiger partial charge in [0.1, 0.15) is 0 Å². The number of benzene rings is 2. The number of aromatic nitrogens is 1. The molecule has 4 rings (SSSR count). The van der Waals surface area contributed by atoms with Crippen molar-refractivity contribution in [2.24, 2.45) is 12.5 Å². The van der Waals surface area contributed by atoms with Crippen LogP contribution in [-0.2, 0) is 7.05 Å². The molecular formula is C19H21N3O2. The Balaban J connectivity index is 1.52. The third-order valence-corrected chi connectivity index (χ3v) is 4.55. The van der Waals surface area contributed by atoms with E-state index in [0.717, 1.165) is 30.0 Å². The standard InChI is InChI=1S/C19H21N3O2/c1-19(2)11-22(12-19)15-7-4-13(5-8-15)20-14-6-9-16-17(10-14)24-18(23)21(16)3/h4-10,20H,11-12H2,1-3H3. The number of hydrogen-bond acceptors (Lipinski definition) is 4. The van der Waals surface area contributed by atoms with E-state index in [4.69, 9.17) is 4.42 Å². The van der Waals surface area contributed by atoms with E-state index in [2.05, 4.69) is 48.3 Å². The largest absolute Gasteiger partial charge is 0.419 e. The molecule has 0 bridgehead atoms. The van der Waals surface area contributed by atoms with Crippen molar-refractivity contribution < 1.29 is 4.42 Å². The summed E-state index contributed by atoms with van der Waals surface area (Å²) in [5.41, 5.74) is 4.97. The molecule has 5 heteroatoms. The van der Waals surface area contributed by atoms with Gasteiger partial charge >= 0.3 is 5.76 Å². The highest BCUT2D eigenvalue weighted by Crippen LogP contribution is 2.34. The van der Waals surface area contributed by atoms with Crippen LogP contribution in [0.2, 0.25) is 0 Å². The number of anilines is 3. The molecule has 0 unspecified atom stereocenters. The van der Waals surface area contributed by atoms with Crippen molar-refractivity contribution >= 4 is 28.2 Å². The molecule has 1 aromatic heterocycles. The lowest BCUT2D eigenvalue weighted by Crippen LogP contribution is -2.53. The predicted molar refractivity (Wildman–Crippen MR) is 97.2 cm³/mol. The number of nitrogens with zero attached hydrogens (tertiary/aromatic N) is 2. The van der Waals surface area contributed by atoms with Crippen LogP contribution in [0.1, 0.15) is 13.8 Å². The zero-order valence-electron chi connectivity index (χ0n) is 14.2. The molecule has 3 aromatic rings. The quantitative estimate of drug-likeness (QED) is 0.798. The van der Waals surface area contributed by atoms with E-state index in [1.807, 2.05) is 18.2 Å². The third-order valence-electron chi connectivity index (χ3n) is 4.55. The molecule has 1 aliphatic heterocycles. The maximum atomic E-state index is 11.6. The lowest BCUT2D eigenvalue weighted by molar-refractivity contribution is 0.276. The van der Waals surface area contributed by atoms with E-state index in [1.54, 1.807) is 7.05 Å². The molecule has 0 spiro atoms. The third kappa shape index (κ3) is 2.56. The Morgan fingerprint density at radius 1 is 1.04 bits per heavy atom. The van der Waals surface area contributed by atoms with Gasteiger partial charge in [-0.25, -0.2) is 4.79 Å². The number of nitrogens with one attached hydrogen (secondary N) is 1. The smallest absolute Gasteiger partial charge is 0.408 e. The Kier molecular flexibility index (Phi) is 3.20. The second kappa shape index (κ2) is 5.16. The number of fused-ring (bicyclic) bond motifs is 1. The molecule has 1 fully saturated rings. The first-order valence-electron chi connectivity index (χ1n) is 8.13. The van der Waals surface area contributed by atoms with Crippen molar-refractivity contribution in [1.82, 2.24) is 4.57 Å². The van der Waals surface area contributed by atoms with Gasteiger partial charge in [-0.15, -0.1) is 0 Å². The van der Waals surface area contributed by atoms with Crippen LogP contribution < -0.4 is 16.0 Å². The zero-order chi connectivity index (χ0) is 16.9. The number of oxazole rings is 1. The van der Waals surface area contributed by atoms with Gasteiger partial charge in [-0.2, -0.15) is 0 Å². The van der Waals surface area contributed by atoms with Gasteiger partial charge in [-0.1, -0.05) is 13.8 Å². The second-order valence-electron chi connectivity index (χ2n) is 7.30. The summed E-state index contributed by atoms with van der Waals surface area (Å²) in [5, 5.41) is 3.35. The average molecular weight is 323 g/mol. The van der Waals surface area contributed by atoms with E-state index >= 15 is 0 Å². The van der Waals surface area contributed by atoms with Crippen LogP contribution >= 0.6 is 0 Å². The van der Waals surface area contributed by atoms with Gasteiger partial charge in [-0.3, -0.25) is 4.57 Å². The maximum absolute atomic E-state index is 11.6. The lowest BCUT2D eigenvalue weighted by atomic mass is 9.84. The summed E-state index contributed by atoms with van der Waals surface area (Å²) in [7, 11) is 1.71. The fourth-order valence-corrected chi connectivity index (χ4v) is 3.30. The van der Waals surface area contributed by atoms with Gasteiger partial charge in [0.25, 0.3) is 0 Å². The fourth-order valence-electron chi connectivity index (χ4n) is 3.30. The monoisotopic (exact) mass is 323 g/mol. The summed E-state index contributed by atoms with van der Waals surface area (Å²) in [5.74, 6) is -0.344. The summed E-state index contributed by atoms with van der Waals surface area (Å²) >= 11 is 0. The van der Waals surface area contributed by atoms with Crippen LogP contribution in [0.3, 0.4) is 0 Å². The predicted octanol–water partition coefficient (Wildman–Crippen LogP) is 3.72. The van der Waals surface area contributed by atoms with Gasteiger partial charge in [0.05, 0.1) is 5.52 Å². The molecule has 24 heavy (non-hydrogen) atoms. The number of rotatable bonds is 3. The molecule has 5 nitrogen and oxygen atoms in total. The van der Waals surface area contributed by atoms with Crippen molar-refractivity contribution in [3.05, 3.63) is 53.0 Å². The number of hydrogen-bond donors (Lipinski definition) is 1. The summed E-state index contributed by atoms with van der Waals surface area (Å²) < 4.78 is 6.73. The Bertz CT molecular complexity index is 943. The van der Waals surface area contributed by atoms with Crippen molar-refractivity contribution in [1.29, 1.82) is 0 Å². The normalized spacial score (nSPS) is 16.2. The van der Waals surface area contributed by atoms with Crippen LogP contribution in [0.15, 0.2) is 51.7 Å². The van der Waals surface area contributed by atoms with Crippen LogP contribution in [0.4, 0.5) is 17.1 Å². The molecular weight excluding hydrogens is 302 g/mol. The molecule has 0 aliphatic carbocycles. The van der Waals surface area contributed by atoms with Crippen LogP contribution in [0.5, 0.6) is 0 Å². The summed E-state index contributed by atoms with van der Waals surface area (Å²) in [4.78, 5) is 13.9. The molecule has 0 amide bonds. The first-order valence-corrected chi connectivity index (χ1v) is 8.13. The molecule has 0 saturated carbocycles. The number of aryl methyl sites for hydroxylation is 1. The van der Waals surface area contributed by atoms with Crippen molar-refractivity contribution in [2.45, 2.75) is 13.8 Å². The first-order chi connectivity index (χ1) is 11.4. The van der Waals surface area contributed by atoms with Gasteiger partial charge in [0.15, 0.2) is 5.58 Å². The topological polar surface area (TPSA) is 50.4 Å². The zero-order valence-corrected chi connectivity index (χ0v) is 14.2. The van der Waals surface area contributed by atoms with Gasteiger partial charge in [-0.05, 0) is 41.8 Å². The van der Waals surface area contributed by atoms with Crippen LogP contribution in [0, 0.1) is 5.41 Å². The molecule has 2 aromatic carbocycles. The fraction of sp³-hybridized carbons (Fsp3) is 0.316. The van der Waals surface area contributed by atoms with Gasteiger partial charge < -0.3 is 14.6 Å². The highest BCUT2D eigenvalue weighted by molar-refractivity contribution is 5.79. The second-order valence-corrected chi connectivity index (χ2v) is 7.30. The maximum Gasteiger partial charge on any atom is 0.419 e. The minimum Gasteiger partial charge on any atom is -0.408 e. The SMILES string of the molecule is Cn1c(=O)oc2cc(Nc3ccc(N4CC(C)(C)C4)cc3)ccc21. The molecule has 1 N–H and O–H groups in total. The minimum atomic E-state index is -0.344. The lowest BCUT2D eigenvalue weighted by Gasteiger charge is -2.47. The highest BCUT2D eigenvalue weighted by atomic mass is 16.4. The minimum absolute atomic E-state index is 0.344. The van der Waals surface area contributed by atoms with Gasteiger partial charge in [0.2, 0.25) is 0 Å². The molecule has 1 saturated heterocycles. The van der Waals surface area contributed by atoms with E-state index in [-0.39, 0.29) is 5.76 Å². The molecule has 2 heterocycles. The Morgan fingerprint density at radius 3 is 2.38 bits per heavy atom. The van der Waals surface area contributed by atoms with E-state index in [9.17, 15) is 4.79 Å². The molecule has 0 atom stereocenters. The summed E-state index contributed by atoms with van der Waals surface area (Å²) in [6, 6.07) is 14.1. The Hall–Kier alpha value is -2.69. The van der Waals surface area contributed by atoms with Crippen molar-refractivity contribution in [3.63, 3.8) is 0 Å². The molecule has 124 valence electrons. The molecule has 0 radical (unpaired) electrons. The van der Waals surface area contributed by atoms with E-state index < -0.39 is 0 Å². The van der Waals surface area contributed by atoms with Crippen LogP contribution in [0.25, 0.3) is 11.1 Å². The summed E-state index contributed by atoms with van der Waals surface area (Å²) in [6.45, 7) is 6.78. The van der Waals surface area contributed by atoms with E-state index in [0.29, 0.717) is 11.0 Å².